The van der Waals surface area contributed by atoms with Crippen LogP contribution in [0.25, 0.3) is 11.3 Å². The maximum atomic E-state index is 10.9. The molecule has 1 aromatic heterocycles. The van der Waals surface area contributed by atoms with Crippen LogP contribution < -0.4 is 0 Å². The van der Waals surface area contributed by atoms with Gasteiger partial charge in [0.2, 0.25) is 0 Å². The quantitative estimate of drug-likeness (QED) is 0.723. The van der Waals surface area contributed by atoms with Gasteiger partial charge in [-0.25, -0.2) is 0 Å². The van der Waals surface area contributed by atoms with Gasteiger partial charge >= 0.3 is 0 Å². The standard InChI is InChI=1S/C12H8ClNO/c13-11-6-7-14-12(10(11)8-15)9-4-2-1-3-5-9/h1-8H. The zero-order chi connectivity index (χ0) is 10.7. The van der Waals surface area contributed by atoms with Gasteiger partial charge in [0.25, 0.3) is 0 Å². The first-order valence-electron chi connectivity index (χ1n) is 4.48. The number of nitrogens with zero attached hydrogens (tertiary/aromatic N) is 1. The van der Waals surface area contributed by atoms with Crippen molar-refractivity contribution >= 4 is 17.9 Å². The normalized spacial score (nSPS) is 9.93. The van der Waals surface area contributed by atoms with Gasteiger partial charge in [0.15, 0.2) is 6.29 Å². The summed E-state index contributed by atoms with van der Waals surface area (Å²) in [6, 6.07) is 11.1. The first-order chi connectivity index (χ1) is 7.33. The van der Waals surface area contributed by atoms with E-state index in [1.165, 1.54) is 0 Å². The lowest BCUT2D eigenvalue weighted by Crippen LogP contribution is -1.92. The summed E-state index contributed by atoms with van der Waals surface area (Å²) < 4.78 is 0. The van der Waals surface area contributed by atoms with Crippen LogP contribution in [0.5, 0.6) is 0 Å². The molecule has 3 heteroatoms. The number of hydrogen-bond donors (Lipinski definition) is 0. The van der Waals surface area contributed by atoms with Crippen molar-refractivity contribution in [3.63, 3.8) is 0 Å². The van der Waals surface area contributed by atoms with Crippen LogP contribution in [0.3, 0.4) is 0 Å². The molecule has 0 saturated heterocycles. The summed E-state index contributed by atoms with van der Waals surface area (Å²) in [6.45, 7) is 0. The van der Waals surface area contributed by atoms with Crippen molar-refractivity contribution in [1.82, 2.24) is 4.98 Å². The number of carbonyl (C=O) groups is 1. The van der Waals surface area contributed by atoms with E-state index >= 15 is 0 Å². The molecule has 0 saturated carbocycles. The number of pyridine rings is 1. The summed E-state index contributed by atoms with van der Waals surface area (Å²) >= 11 is 5.91. The smallest absolute Gasteiger partial charge is 0.153 e. The molecule has 2 nitrogen and oxygen atoms in total. The Labute approximate surface area is 92.5 Å². The number of halogens is 1. The molecule has 0 aliphatic rings. The number of hydrogen-bond acceptors (Lipinski definition) is 2. The molecule has 2 aromatic rings. The maximum Gasteiger partial charge on any atom is 0.153 e. The molecule has 0 radical (unpaired) electrons. The number of rotatable bonds is 2. The van der Waals surface area contributed by atoms with Crippen LogP contribution in [0.15, 0.2) is 42.6 Å². The summed E-state index contributed by atoms with van der Waals surface area (Å²) in [5, 5.41) is 0.429. The topological polar surface area (TPSA) is 30.0 Å². The summed E-state index contributed by atoms with van der Waals surface area (Å²) in [4.78, 5) is 15.1. The van der Waals surface area contributed by atoms with E-state index in [1.807, 2.05) is 30.3 Å². The molecule has 74 valence electrons. The molecule has 0 aliphatic carbocycles. The minimum Gasteiger partial charge on any atom is -0.298 e. The van der Waals surface area contributed by atoms with E-state index in [1.54, 1.807) is 12.3 Å². The van der Waals surface area contributed by atoms with Crippen molar-refractivity contribution in [2.24, 2.45) is 0 Å². The maximum absolute atomic E-state index is 10.9. The van der Waals surface area contributed by atoms with Crippen molar-refractivity contribution in [3.8, 4) is 11.3 Å². The van der Waals surface area contributed by atoms with E-state index in [0.29, 0.717) is 16.3 Å². The molecule has 0 N–H and O–H groups in total. The van der Waals surface area contributed by atoms with Crippen LogP contribution in [-0.4, -0.2) is 11.3 Å². The van der Waals surface area contributed by atoms with Crippen LogP contribution in [0, 0.1) is 0 Å². The van der Waals surface area contributed by atoms with E-state index in [0.717, 1.165) is 11.8 Å². The Morgan fingerprint density at radius 2 is 1.87 bits per heavy atom. The fourth-order valence-electron chi connectivity index (χ4n) is 1.39. The second-order valence-corrected chi connectivity index (χ2v) is 3.45. The molecule has 0 spiro atoms. The number of benzene rings is 1. The summed E-state index contributed by atoms with van der Waals surface area (Å²) in [5.74, 6) is 0. The lowest BCUT2D eigenvalue weighted by Gasteiger charge is -2.04. The van der Waals surface area contributed by atoms with Gasteiger partial charge in [-0.2, -0.15) is 0 Å². The minimum atomic E-state index is 0.429. The summed E-state index contributed by atoms with van der Waals surface area (Å²) in [7, 11) is 0. The van der Waals surface area contributed by atoms with Gasteiger partial charge in [-0.05, 0) is 6.07 Å². The second-order valence-electron chi connectivity index (χ2n) is 3.04. The molecule has 0 aliphatic heterocycles. The van der Waals surface area contributed by atoms with E-state index < -0.39 is 0 Å². The highest BCUT2D eigenvalue weighted by molar-refractivity contribution is 6.33. The van der Waals surface area contributed by atoms with Gasteiger partial charge in [0.05, 0.1) is 16.3 Å². The Kier molecular flexibility index (Phi) is 2.79. The van der Waals surface area contributed by atoms with Gasteiger partial charge in [-0.1, -0.05) is 41.9 Å². The van der Waals surface area contributed by atoms with Gasteiger partial charge in [-0.3, -0.25) is 9.78 Å². The van der Waals surface area contributed by atoms with E-state index in [4.69, 9.17) is 11.6 Å². The summed E-state index contributed by atoms with van der Waals surface area (Å²) in [6.07, 6.45) is 2.33. The molecule has 0 atom stereocenters. The average molecular weight is 218 g/mol. The van der Waals surface area contributed by atoms with Crippen molar-refractivity contribution < 1.29 is 4.79 Å². The van der Waals surface area contributed by atoms with Gasteiger partial charge in [0.1, 0.15) is 0 Å². The molecule has 0 amide bonds. The Hall–Kier alpha value is -1.67. The van der Waals surface area contributed by atoms with Crippen molar-refractivity contribution in [2.75, 3.05) is 0 Å². The summed E-state index contributed by atoms with van der Waals surface area (Å²) in [5.41, 5.74) is 1.95. The number of aromatic nitrogens is 1. The SMILES string of the molecule is O=Cc1c(Cl)ccnc1-c1ccccc1. The molecule has 1 aromatic carbocycles. The Balaban J connectivity index is 2.63. The molecule has 0 fully saturated rings. The fourth-order valence-corrected chi connectivity index (χ4v) is 1.58. The third kappa shape index (κ3) is 1.90. The lowest BCUT2D eigenvalue weighted by molar-refractivity contribution is 0.112. The molecular weight excluding hydrogens is 210 g/mol. The largest absolute Gasteiger partial charge is 0.298 e. The second kappa shape index (κ2) is 4.24. The van der Waals surface area contributed by atoms with Crippen molar-refractivity contribution in [3.05, 3.63) is 53.2 Å². The van der Waals surface area contributed by atoms with Crippen molar-refractivity contribution in [2.45, 2.75) is 0 Å². The predicted octanol–water partition coefficient (Wildman–Crippen LogP) is 3.21. The molecular formula is C12H8ClNO. The Morgan fingerprint density at radius 1 is 1.13 bits per heavy atom. The highest BCUT2D eigenvalue weighted by atomic mass is 35.5. The van der Waals surface area contributed by atoms with Gasteiger partial charge in [0, 0.05) is 11.8 Å². The predicted molar refractivity (Wildman–Crippen MR) is 60.1 cm³/mol. The number of carbonyl (C=O) groups excluding carboxylic acids is 1. The van der Waals surface area contributed by atoms with E-state index in [2.05, 4.69) is 4.98 Å². The third-order valence-electron chi connectivity index (χ3n) is 2.10. The van der Waals surface area contributed by atoms with Crippen LogP contribution in [0.2, 0.25) is 5.02 Å². The van der Waals surface area contributed by atoms with E-state index in [-0.39, 0.29) is 0 Å². The first-order valence-corrected chi connectivity index (χ1v) is 4.86. The number of aldehydes is 1. The van der Waals surface area contributed by atoms with Crippen molar-refractivity contribution in [1.29, 1.82) is 0 Å². The Morgan fingerprint density at radius 3 is 2.53 bits per heavy atom. The average Bonchev–Trinajstić information content (AvgIpc) is 2.30. The monoisotopic (exact) mass is 217 g/mol. The molecule has 2 rings (SSSR count). The Bertz CT molecular complexity index is 482. The molecule has 0 unspecified atom stereocenters. The van der Waals surface area contributed by atoms with Crippen LogP contribution in [-0.2, 0) is 0 Å². The van der Waals surface area contributed by atoms with Crippen LogP contribution in [0.1, 0.15) is 10.4 Å². The van der Waals surface area contributed by atoms with Gasteiger partial charge in [-0.15, -0.1) is 0 Å². The lowest BCUT2D eigenvalue weighted by atomic mass is 10.1. The van der Waals surface area contributed by atoms with Crippen LogP contribution in [0.4, 0.5) is 0 Å². The third-order valence-corrected chi connectivity index (χ3v) is 2.43. The zero-order valence-corrected chi connectivity index (χ0v) is 8.61. The molecule has 0 bridgehead atoms. The minimum absolute atomic E-state index is 0.429. The molecule has 1 heterocycles. The van der Waals surface area contributed by atoms with E-state index in [9.17, 15) is 4.79 Å². The highest BCUT2D eigenvalue weighted by Crippen LogP contribution is 2.24. The molecule has 15 heavy (non-hydrogen) atoms. The highest BCUT2D eigenvalue weighted by Gasteiger charge is 2.08. The van der Waals surface area contributed by atoms with Crippen LogP contribution >= 0.6 is 11.6 Å². The first kappa shape index (κ1) is 9.87. The van der Waals surface area contributed by atoms with Gasteiger partial charge < -0.3 is 0 Å². The fraction of sp³-hybridized carbons (Fsp3) is 0. The zero-order valence-electron chi connectivity index (χ0n) is 7.85.